The third-order valence-corrected chi connectivity index (χ3v) is 3.17. The number of nitrogens with one attached hydrogen (secondary N) is 2. The Hall–Kier alpha value is -2.22. The molecule has 2 aromatic heterocycles. The van der Waals surface area contributed by atoms with Gasteiger partial charge >= 0.3 is 0 Å². The van der Waals surface area contributed by atoms with Crippen LogP contribution in [0.3, 0.4) is 0 Å². The fraction of sp³-hybridized carbons (Fsp3) is 0.273. The first-order chi connectivity index (χ1) is 9.06. The number of carbonyl (C=O) groups excluding carboxylic acids is 2. The normalized spacial score (nSPS) is 10.2. The van der Waals surface area contributed by atoms with Gasteiger partial charge in [-0.2, -0.15) is 4.98 Å². The molecule has 0 saturated carbocycles. The summed E-state index contributed by atoms with van der Waals surface area (Å²) in [6.45, 7) is 1.68. The minimum Gasteiger partial charge on any atom is -0.332 e. The summed E-state index contributed by atoms with van der Waals surface area (Å²) < 4.78 is 0. The molecule has 0 bridgehead atoms. The molecule has 0 fully saturated rings. The highest BCUT2D eigenvalue weighted by atomic mass is 32.1. The molecule has 19 heavy (non-hydrogen) atoms. The summed E-state index contributed by atoms with van der Waals surface area (Å²) in [6.07, 6.45) is 0. The van der Waals surface area contributed by atoms with E-state index in [-0.39, 0.29) is 24.3 Å². The molecule has 7 nitrogen and oxygen atoms in total. The Balaban J connectivity index is 1.90. The van der Waals surface area contributed by atoms with Crippen LogP contribution in [-0.2, 0) is 4.79 Å². The van der Waals surface area contributed by atoms with Crippen LogP contribution in [0.4, 0.5) is 5.95 Å². The van der Waals surface area contributed by atoms with E-state index in [1.54, 1.807) is 26.1 Å². The maximum atomic E-state index is 11.9. The van der Waals surface area contributed by atoms with Gasteiger partial charge in [0, 0.05) is 7.05 Å². The molecule has 100 valence electrons. The monoisotopic (exact) mass is 279 g/mol. The van der Waals surface area contributed by atoms with Crippen molar-refractivity contribution in [1.82, 2.24) is 20.1 Å². The van der Waals surface area contributed by atoms with Gasteiger partial charge in [-0.25, -0.2) is 0 Å². The molecule has 2 aromatic rings. The SMILES string of the molecule is Cc1nc(NC(=O)CN(C)C(=O)c2cccs2)n[nH]1. The van der Waals surface area contributed by atoms with Crippen molar-refractivity contribution in [1.29, 1.82) is 0 Å². The summed E-state index contributed by atoms with van der Waals surface area (Å²) in [7, 11) is 1.57. The Morgan fingerprint density at radius 2 is 2.32 bits per heavy atom. The van der Waals surface area contributed by atoms with Gasteiger partial charge in [0.05, 0.1) is 11.4 Å². The average molecular weight is 279 g/mol. The molecule has 0 radical (unpaired) electrons. The number of aromatic nitrogens is 3. The number of rotatable bonds is 4. The number of H-pyrrole nitrogens is 1. The predicted octanol–water partition coefficient (Wildman–Crippen LogP) is 0.885. The molecule has 0 spiro atoms. The van der Waals surface area contributed by atoms with E-state index in [2.05, 4.69) is 20.5 Å². The van der Waals surface area contributed by atoms with Gasteiger partial charge in [0.25, 0.3) is 5.91 Å². The van der Waals surface area contributed by atoms with E-state index in [0.29, 0.717) is 10.7 Å². The van der Waals surface area contributed by atoms with Crippen molar-refractivity contribution in [2.24, 2.45) is 0 Å². The van der Waals surface area contributed by atoms with Gasteiger partial charge in [0.1, 0.15) is 5.82 Å². The van der Waals surface area contributed by atoms with Crippen molar-refractivity contribution in [2.45, 2.75) is 6.92 Å². The van der Waals surface area contributed by atoms with E-state index in [1.807, 2.05) is 5.38 Å². The zero-order valence-corrected chi connectivity index (χ0v) is 11.3. The number of aryl methyl sites for hydroxylation is 1. The van der Waals surface area contributed by atoms with E-state index in [4.69, 9.17) is 0 Å². The van der Waals surface area contributed by atoms with Gasteiger partial charge in [0.15, 0.2) is 0 Å². The highest BCUT2D eigenvalue weighted by Crippen LogP contribution is 2.10. The second-order valence-electron chi connectivity index (χ2n) is 3.93. The number of nitrogens with zero attached hydrogens (tertiary/aromatic N) is 3. The predicted molar refractivity (Wildman–Crippen MR) is 71.0 cm³/mol. The maximum Gasteiger partial charge on any atom is 0.264 e. The molecular formula is C11H13N5O2S. The number of anilines is 1. The first kappa shape index (κ1) is 13.2. The molecule has 0 aliphatic heterocycles. The molecule has 0 atom stereocenters. The fourth-order valence-corrected chi connectivity index (χ4v) is 2.16. The van der Waals surface area contributed by atoms with Gasteiger partial charge < -0.3 is 4.90 Å². The molecule has 0 saturated heterocycles. The maximum absolute atomic E-state index is 11.9. The lowest BCUT2D eigenvalue weighted by Crippen LogP contribution is -2.34. The van der Waals surface area contributed by atoms with E-state index in [9.17, 15) is 9.59 Å². The Morgan fingerprint density at radius 1 is 1.53 bits per heavy atom. The molecule has 2 amide bonds. The second kappa shape index (κ2) is 5.61. The quantitative estimate of drug-likeness (QED) is 0.869. The van der Waals surface area contributed by atoms with Crippen molar-refractivity contribution >= 4 is 29.1 Å². The molecule has 0 aromatic carbocycles. The smallest absolute Gasteiger partial charge is 0.264 e. The Morgan fingerprint density at radius 3 is 2.89 bits per heavy atom. The topological polar surface area (TPSA) is 91.0 Å². The Labute approximate surface area is 113 Å². The zero-order valence-electron chi connectivity index (χ0n) is 10.5. The summed E-state index contributed by atoms with van der Waals surface area (Å²) in [4.78, 5) is 29.5. The average Bonchev–Trinajstić information content (AvgIpc) is 2.99. The largest absolute Gasteiger partial charge is 0.332 e. The van der Waals surface area contributed by atoms with Crippen molar-refractivity contribution in [3.05, 3.63) is 28.2 Å². The molecule has 2 rings (SSSR count). The second-order valence-corrected chi connectivity index (χ2v) is 4.88. The summed E-state index contributed by atoms with van der Waals surface area (Å²) >= 11 is 1.34. The van der Waals surface area contributed by atoms with E-state index in [1.165, 1.54) is 16.2 Å². The van der Waals surface area contributed by atoms with Crippen LogP contribution in [0.25, 0.3) is 0 Å². The number of thiophene rings is 1. The van der Waals surface area contributed by atoms with Crippen LogP contribution in [-0.4, -0.2) is 45.5 Å². The lowest BCUT2D eigenvalue weighted by Gasteiger charge is -2.14. The third kappa shape index (κ3) is 3.38. The number of hydrogen-bond acceptors (Lipinski definition) is 5. The van der Waals surface area contributed by atoms with E-state index < -0.39 is 0 Å². The van der Waals surface area contributed by atoms with Gasteiger partial charge in [-0.05, 0) is 18.4 Å². The molecule has 0 aliphatic carbocycles. The first-order valence-corrected chi connectivity index (χ1v) is 6.42. The zero-order chi connectivity index (χ0) is 13.8. The molecule has 0 unspecified atom stereocenters. The van der Waals surface area contributed by atoms with Crippen LogP contribution in [0.1, 0.15) is 15.5 Å². The molecule has 8 heteroatoms. The lowest BCUT2D eigenvalue weighted by molar-refractivity contribution is -0.116. The fourth-order valence-electron chi connectivity index (χ4n) is 1.44. The molecule has 2 N–H and O–H groups in total. The van der Waals surface area contributed by atoms with Gasteiger partial charge in [-0.15, -0.1) is 16.4 Å². The highest BCUT2D eigenvalue weighted by molar-refractivity contribution is 7.12. The lowest BCUT2D eigenvalue weighted by atomic mass is 10.4. The number of hydrogen-bond donors (Lipinski definition) is 2. The Bertz CT molecular complexity index is 578. The number of amides is 2. The first-order valence-electron chi connectivity index (χ1n) is 5.54. The van der Waals surface area contributed by atoms with E-state index >= 15 is 0 Å². The minimum absolute atomic E-state index is 0.0513. The van der Waals surface area contributed by atoms with E-state index in [0.717, 1.165) is 0 Å². The van der Waals surface area contributed by atoms with Crippen LogP contribution >= 0.6 is 11.3 Å². The number of likely N-dealkylation sites (N-methyl/N-ethyl adjacent to an activating group) is 1. The minimum atomic E-state index is -0.341. The van der Waals surface area contributed by atoms with Gasteiger partial charge in [0.2, 0.25) is 11.9 Å². The van der Waals surface area contributed by atoms with Gasteiger partial charge in [-0.3, -0.25) is 20.0 Å². The van der Waals surface area contributed by atoms with Crippen LogP contribution in [0.15, 0.2) is 17.5 Å². The number of carbonyl (C=O) groups is 2. The van der Waals surface area contributed by atoms with Crippen molar-refractivity contribution in [3.63, 3.8) is 0 Å². The number of aromatic amines is 1. The highest BCUT2D eigenvalue weighted by Gasteiger charge is 2.16. The summed E-state index contributed by atoms with van der Waals surface area (Å²) in [5.74, 6) is 0.292. The van der Waals surface area contributed by atoms with Gasteiger partial charge in [-0.1, -0.05) is 6.07 Å². The van der Waals surface area contributed by atoms with Crippen molar-refractivity contribution in [3.8, 4) is 0 Å². The summed E-state index contributed by atoms with van der Waals surface area (Å²) in [5.41, 5.74) is 0. The summed E-state index contributed by atoms with van der Waals surface area (Å²) in [5, 5.41) is 10.7. The Kier molecular flexibility index (Phi) is 3.91. The van der Waals surface area contributed by atoms with Crippen molar-refractivity contribution < 1.29 is 9.59 Å². The van der Waals surface area contributed by atoms with Crippen LogP contribution < -0.4 is 5.32 Å². The van der Waals surface area contributed by atoms with Crippen molar-refractivity contribution in [2.75, 3.05) is 18.9 Å². The van der Waals surface area contributed by atoms with Crippen LogP contribution in [0, 0.1) is 6.92 Å². The third-order valence-electron chi connectivity index (χ3n) is 2.31. The standard InChI is InChI=1S/C11H13N5O2S/c1-7-12-11(15-14-7)13-9(17)6-16(2)10(18)8-4-3-5-19-8/h3-5H,6H2,1-2H3,(H2,12,13,14,15,17). The summed E-state index contributed by atoms with van der Waals surface area (Å²) in [6, 6.07) is 3.52. The van der Waals surface area contributed by atoms with Crippen LogP contribution in [0.2, 0.25) is 0 Å². The van der Waals surface area contributed by atoms with Crippen LogP contribution in [0.5, 0.6) is 0 Å². The molecular weight excluding hydrogens is 266 g/mol. The molecule has 2 heterocycles. The molecule has 0 aliphatic rings.